The Balaban J connectivity index is 1.90. The molecule has 3 rings (SSSR count). The van der Waals surface area contributed by atoms with E-state index in [1.54, 1.807) is 46.4 Å². The predicted octanol–water partition coefficient (Wildman–Crippen LogP) is 4.18. The van der Waals surface area contributed by atoms with Crippen molar-refractivity contribution in [1.82, 2.24) is 4.31 Å². The summed E-state index contributed by atoms with van der Waals surface area (Å²) in [4.78, 5) is 0.278. The first kappa shape index (κ1) is 17.6. The number of nitrogens with zero attached hydrogens (tertiary/aromatic N) is 1. The molecule has 1 aliphatic rings. The fraction of sp³-hybridized carbons (Fsp3) is 0.294. The molecule has 1 fully saturated rings. The molecule has 1 heterocycles. The number of halogens is 1. The molecule has 24 heavy (non-hydrogen) atoms. The Labute approximate surface area is 151 Å². The molecule has 0 amide bonds. The van der Waals surface area contributed by atoms with Crippen molar-refractivity contribution in [1.29, 1.82) is 0 Å². The molecule has 0 aromatic heterocycles. The van der Waals surface area contributed by atoms with Crippen molar-refractivity contribution in [2.75, 3.05) is 18.9 Å². The van der Waals surface area contributed by atoms with Crippen LogP contribution in [0.15, 0.2) is 53.4 Å². The van der Waals surface area contributed by atoms with Crippen molar-refractivity contribution < 1.29 is 13.2 Å². The van der Waals surface area contributed by atoms with Crippen molar-refractivity contribution in [2.24, 2.45) is 0 Å². The van der Waals surface area contributed by atoms with Crippen LogP contribution in [0.1, 0.15) is 17.9 Å². The maximum Gasteiger partial charge on any atom is 0.244 e. The highest BCUT2D eigenvalue weighted by atomic mass is 35.5. The third-order valence-electron chi connectivity index (χ3n) is 3.72. The fourth-order valence-corrected chi connectivity index (χ4v) is 6.06. The van der Waals surface area contributed by atoms with Crippen molar-refractivity contribution in [3.05, 3.63) is 59.1 Å². The summed E-state index contributed by atoms with van der Waals surface area (Å²) in [6.45, 7) is 2.92. The van der Waals surface area contributed by atoms with E-state index in [1.165, 1.54) is 0 Å². The van der Waals surface area contributed by atoms with Crippen LogP contribution in [0.2, 0.25) is 5.02 Å². The smallest absolute Gasteiger partial charge is 0.244 e. The van der Waals surface area contributed by atoms with E-state index in [2.05, 4.69) is 0 Å². The maximum absolute atomic E-state index is 13.0. The van der Waals surface area contributed by atoms with E-state index in [0.717, 1.165) is 11.3 Å². The van der Waals surface area contributed by atoms with E-state index in [9.17, 15) is 8.42 Å². The highest BCUT2D eigenvalue weighted by molar-refractivity contribution is 8.01. The van der Waals surface area contributed by atoms with Gasteiger partial charge in [0, 0.05) is 17.3 Å². The highest BCUT2D eigenvalue weighted by Gasteiger charge is 2.36. The van der Waals surface area contributed by atoms with Crippen LogP contribution in [0.5, 0.6) is 5.75 Å². The zero-order chi connectivity index (χ0) is 17.2. The largest absolute Gasteiger partial charge is 0.494 e. The van der Waals surface area contributed by atoms with Crippen LogP contribution in [0.25, 0.3) is 0 Å². The predicted molar refractivity (Wildman–Crippen MR) is 98.2 cm³/mol. The second-order valence-corrected chi connectivity index (χ2v) is 8.81. The molecule has 1 saturated heterocycles. The zero-order valence-corrected chi connectivity index (χ0v) is 15.6. The molecule has 0 saturated carbocycles. The molecule has 7 heteroatoms. The summed E-state index contributed by atoms with van der Waals surface area (Å²) in [6, 6.07) is 13.9. The Kier molecular flexibility index (Phi) is 5.39. The summed E-state index contributed by atoms with van der Waals surface area (Å²) in [5.74, 6) is 1.42. The van der Waals surface area contributed by atoms with E-state index in [4.69, 9.17) is 16.3 Å². The third-order valence-corrected chi connectivity index (χ3v) is 7.23. The van der Waals surface area contributed by atoms with Gasteiger partial charge in [0.25, 0.3) is 0 Å². The molecular formula is C17H18ClNO3S2. The molecule has 4 nitrogen and oxygen atoms in total. The molecule has 0 bridgehead atoms. The topological polar surface area (TPSA) is 46.6 Å². The monoisotopic (exact) mass is 383 g/mol. The molecule has 0 unspecified atom stereocenters. The Hall–Kier alpha value is -1.21. The first-order valence-corrected chi connectivity index (χ1v) is 10.5. The molecule has 2 aromatic rings. The normalized spacial score (nSPS) is 18.7. The number of thioether (sulfide) groups is 1. The Morgan fingerprint density at radius 3 is 2.67 bits per heavy atom. The maximum atomic E-state index is 13.0. The van der Waals surface area contributed by atoms with Gasteiger partial charge in [-0.1, -0.05) is 23.7 Å². The molecule has 128 valence electrons. The Morgan fingerprint density at radius 1 is 1.25 bits per heavy atom. The first-order valence-electron chi connectivity index (χ1n) is 7.64. The molecule has 1 atom stereocenters. The van der Waals surface area contributed by atoms with Crippen molar-refractivity contribution in [3.8, 4) is 5.75 Å². The van der Waals surface area contributed by atoms with E-state index >= 15 is 0 Å². The minimum Gasteiger partial charge on any atom is -0.494 e. The van der Waals surface area contributed by atoms with Crippen LogP contribution in [0.4, 0.5) is 0 Å². The first-order chi connectivity index (χ1) is 11.5. The number of rotatable bonds is 5. The van der Waals surface area contributed by atoms with Gasteiger partial charge < -0.3 is 4.74 Å². The average Bonchev–Trinajstić information content (AvgIpc) is 3.06. The summed E-state index contributed by atoms with van der Waals surface area (Å²) < 4.78 is 32.9. The van der Waals surface area contributed by atoms with Gasteiger partial charge in [-0.05, 0) is 48.9 Å². The molecule has 0 radical (unpaired) electrons. The second kappa shape index (κ2) is 7.35. The number of hydrogen-bond acceptors (Lipinski definition) is 4. The molecule has 0 spiro atoms. The van der Waals surface area contributed by atoms with Gasteiger partial charge in [0.15, 0.2) is 0 Å². The van der Waals surface area contributed by atoms with Gasteiger partial charge in [-0.3, -0.25) is 0 Å². The van der Waals surface area contributed by atoms with Crippen LogP contribution in [-0.2, 0) is 10.0 Å². The third kappa shape index (κ3) is 3.57. The van der Waals surface area contributed by atoms with Crippen LogP contribution in [0, 0.1) is 0 Å². The van der Waals surface area contributed by atoms with Gasteiger partial charge in [0.1, 0.15) is 5.75 Å². The van der Waals surface area contributed by atoms with Gasteiger partial charge >= 0.3 is 0 Å². The van der Waals surface area contributed by atoms with Crippen LogP contribution >= 0.6 is 23.4 Å². The minimum absolute atomic E-state index is 0.250. The van der Waals surface area contributed by atoms with Crippen LogP contribution < -0.4 is 4.74 Å². The number of benzene rings is 2. The van der Waals surface area contributed by atoms with Gasteiger partial charge in [-0.15, -0.1) is 11.8 Å². The van der Waals surface area contributed by atoms with E-state index in [1.807, 2.05) is 25.1 Å². The molecule has 2 aromatic carbocycles. The van der Waals surface area contributed by atoms with E-state index in [0.29, 0.717) is 23.9 Å². The minimum atomic E-state index is -3.57. The lowest BCUT2D eigenvalue weighted by molar-refractivity contribution is 0.340. The van der Waals surface area contributed by atoms with Gasteiger partial charge in [-0.25, -0.2) is 8.42 Å². The number of sulfonamides is 1. The summed E-state index contributed by atoms with van der Waals surface area (Å²) in [5, 5.41) is 0.360. The van der Waals surface area contributed by atoms with Gasteiger partial charge in [0.2, 0.25) is 10.0 Å². The number of hydrogen-bond donors (Lipinski definition) is 0. The SMILES string of the molecule is CCOc1ccc(S(=O)(=O)N2CCS[C@@H]2c2cccc(Cl)c2)cc1. The summed E-state index contributed by atoms with van der Waals surface area (Å²) in [5.41, 5.74) is 0.902. The standard InChI is InChI=1S/C17H18ClNO3S2/c1-2-22-15-6-8-16(9-7-15)24(20,21)19-10-11-23-17(19)13-4-3-5-14(18)12-13/h3-9,12,17H,2,10-11H2,1H3/t17-/m1/s1. The van der Waals surface area contributed by atoms with Crippen molar-refractivity contribution >= 4 is 33.4 Å². The van der Waals surface area contributed by atoms with Crippen molar-refractivity contribution in [3.63, 3.8) is 0 Å². The van der Waals surface area contributed by atoms with E-state index in [-0.39, 0.29) is 10.3 Å². The summed E-state index contributed by atoms with van der Waals surface area (Å²) in [7, 11) is -3.57. The van der Waals surface area contributed by atoms with Gasteiger partial charge in [0.05, 0.1) is 16.9 Å². The summed E-state index contributed by atoms with van der Waals surface area (Å²) >= 11 is 7.67. The van der Waals surface area contributed by atoms with Crippen molar-refractivity contribution in [2.45, 2.75) is 17.2 Å². The quantitative estimate of drug-likeness (QED) is 0.777. The molecule has 1 aliphatic heterocycles. The number of ether oxygens (including phenoxy) is 1. The van der Waals surface area contributed by atoms with E-state index < -0.39 is 10.0 Å². The summed E-state index contributed by atoms with van der Waals surface area (Å²) in [6.07, 6.45) is 0. The van der Waals surface area contributed by atoms with Crippen LogP contribution in [-0.4, -0.2) is 31.6 Å². The molecular weight excluding hydrogens is 366 g/mol. The molecule has 0 aliphatic carbocycles. The fourth-order valence-electron chi connectivity index (χ4n) is 2.63. The lowest BCUT2D eigenvalue weighted by atomic mass is 10.2. The lowest BCUT2D eigenvalue weighted by Crippen LogP contribution is -2.30. The average molecular weight is 384 g/mol. The Bertz CT molecular complexity index is 809. The van der Waals surface area contributed by atoms with Gasteiger partial charge in [-0.2, -0.15) is 4.31 Å². The lowest BCUT2D eigenvalue weighted by Gasteiger charge is -2.23. The second-order valence-electron chi connectivity index (χ2n) is 5.30. The Morgan fingerprint density at radius 2 is 2.00 bits per heavy atom. The molecule has 0 N–H and O–H groups in total. The van der Waals surface area contributed by atoms with Crippen LogP contribution in [0.3, 0.4) is 0 Å². The zero-order valence-electron chi connectivity index (χ0n) is 13.2. The highest BCUT2D eigenvalue weighted by Crippen LogP contribution is 2.42.